The minimum absolute atomic E-state index is 0.148. The van der Waals surface area contributed by atoms with Gasteiger partial charge in [-0.2, -0.15) is 0 Å². The lowest BCUT2D eigenvalue weighted by Gasteiger charge is -2.16. The maximum Gasteiger partial charge on any atom is 0.104 e. The number of rotatable bonds is 4. The number of nitrogens with two attached hydrogens (primary N) is 1. The van der Waals surface area contributed by atoms with Crippen LogP contribution in [-0.2, 0) is 0 Å². The Morgan fingerprint density at radius 1 is 1.45 bits per heavy atom. The van der Waals surface area contributed by atoms with Crippen molar-refractivity contribution in [1.29, 1.82) is 0 Å². The van der Waals surface area contributed by atoms with E-state index in [0.717, 1.165) is 22.0 Å². The zero-order valence-electron chi connectivity index (χ0n) is 11.5. The van der Waals surface area contributed by atoms with Gasteiger partial charge in [0.05, 0.1) is 27.5 Å². The molecule has 0 aliphatic heterocycles. The first-order chi connectivity index (χ1) is 9.38. The molecule has 1 heterocycles. The van der Waals surface area contributed by atoms with Crippen LogP contribution in [0.25, 0.3) is 0 Å². The van der Waals surface area contributed by atoms with Crippen molar-refractivity contribution in [2.45, 2.75) is 26.8 Å². The zero-order chi connectivity index (χ0) is 14.9. The van der Waals surface area contributed by atoms with Gasteiger partial charge in [0, 0.05) is 10.4 Å². The molecule has 1 aromatic heterocycles. The van der Waals surface area contributed by atoms with Crippen molar-refractivity contribution >= 4 is 45.8 Å². The molecule has 0 saturated carbocycles. The number of aromatic nitrogens is 1. The molecule has 1 aromatic carbocycles. The average molecular weight is 326 g/mol. The monoisotopic (exact) mass is 325 g/mol. The average Bonchev–Trinajstić information content (AvgIpc) is 2.70. The van der Waals surface area contributed by atoms with Gasteiger partial charge in [-0.05, 0) is 39.0 Å². The minimum Gasteiger partial charge on any atom is -0.389 e. The molecular weight excluding hydrogens is 310 g/mol. The molecule has 0 amide bonds. The van der Waals surface area contributed by atoms with E-state index >= 15 is 0 Å². The third-order valence-electron chi connectivity index (χ3n) is 2.96. The fraction of sp³-hybridized carbons (Fsp3) is 0.286. The fourth-order valence-corrected chi connectivity index (χ4v) is 3.32. The van der Waals surface area contributed by atoms with Gasteiger partial charge in [-0.25, -0.2) is 4.98 Å². The van der Waals surface area contributed by atoms with Crippen molar-refractivity contribution < 1.29 is 0 Å². The largest absolute Gasteiger partial charge is 0.389 e. The van der Waals surface area contributed by atoms with Gasteiger partial charge in [-0.15, -0.1) is 11.3 Å². The van der Waals surface area contributed by atoms with E-state index < -0.39 is 0 Å². The second-order valence-corrected chi connectivity index (χ2v) is 6.69. The highest BCUT2D eigenvalue weighted by Crippen LogP contribution is 2.31. The molecule has 0 fully saturated rings. The molecule has 0 saturated heterocycles. The van der Waals surface area contributed by atoms with Crippen LogP contribution in [0, 0.1) is 13.8 Å². The van der Waals surface area contributed by atoms with Crippen molar-refractivity contribution in [2.24, 2.45) is 5.73 Å². The first-order valence-electron chi connectivity index (χ1n) is 6.18. The molecule has 1 unspecified atom stereocenters. The Morgan fingerprint density at radius 3 is 2.65 bits per heavy atom. The van der Waals surface area contributed by atoms with E-state index in [-0.39, 0.29) is 6.04 Å². The molecule has 0 bridgehead atoms. The number of nitrogens with one attached hydrogen (secondary N) is 1. The Morgan fingerprint density at radius 2 is 2.15 bits per heavy atom. The van der Waals surface area contributed by atoms with E-state index in [0.29, 0.717) is 10.0 Å². The number of hydrogen-bond acceptors (Lipinski definition) is 4. The SMILES string of the molecule is Cc1nc(C)c(C(C)Nc2ccc(C(N)=S)cc2Cl)s1. The van der Waals surface area contributed by atoms with E-state index in [4.69, 9.17) is 29.6 Å². The lowest BCUT2D eigenvalue weighted by molar-refractivity contribution is 0.890. The standard InChI is InChI=1S/C14H16ClN3S2/c1-7-13(20-9(3)17-7)8(2)18-12-5-4-10(14(16)19)6-11(12)15/h4-6,8,18H,1-3H3,(H2,16,19). The highest BCUT2D eigenvalue weighted by Gasteiger charge is 2.14. The van der Waals surface area contributed by atoms with E-state index in [2.05, 4.69) is 17.2 Å². The summed E-state index contributed by atoms with van der Waals surface area (Å²) in [5, 5.41) is 5.08. The van der Waals surface area contributed by atoms with Gasteiger partial charge in [0.1, 0.15) is 4.99 Å². The van der Waals surface area contributed by atoms with Crippen molar-refractivity contribution in [3.63, 3.8) is 0 Å². The summed E-state index contributed by atoms with van der Waals surface area (Å²) in [6.45, 7) is 6.13. The highest BCUT2D eigenvalue weighted by molar-refractivity contribution is 7.80. The van der Waals surface area contributed by atoms with Crippen LogP contribution in [0.5, 0.6) is 0 Å². The van der Waals surface area contributed by atoms with Crippen LogP contribution in [0.15, 0.2) is 18.2 Å². The molecule has 106 valence electrons. The summed E-state index contributed by atoms with van der Waals surface area (Å²) in [7, 11) is 0. The molecule has 0 aliphatic rings. The predicted molar refractivity (Wildman–Crippen MR) is 91.0 cm³/mol. The summed E-state index contributed by atoms with van der Waals surface area (Å²) in [6.07, 6.45) is 0. The zero-order valence-corrected chi connectivity index (χ0v) is 13.9. The number of hydrogen-bond donors (Lipinski definition) is 2. The molecule has 1 atom stereocenters. The van der Waals surface area contributed by atoms with Gasteiger partial charge in [-0.3, -0.25) is 0 Å². The van der Waals surface area contributed by atoms with Gasteiger partial charge in [0.25, 0.3) is 0 Å². The lowest BCUT2D eigenvalue weighted by atomic mass is 10.1. The Balaban J connectivity index is 2.22. The fourth-order valence-electron chi connectivity index (χ4n) is 2.03. The van der Waals surface area contributed by atoms with E-state index in [1.807, 2.05) is 26.0 Å². The van der Waals surface area contributed by atoms with Crippen LogP contribution in [0.2, 0.25) is 5.02 Å². The number of benzene rings is 1. The predicted octanol–water partition coefficient (Wildman–Crippen LogP) is 4.22. The quantitative estimate of drug-likeness (QED) is 0.826. The van der Waals surface area contributed by atoms with Crippen LogP contribution in [-0.4, -0.2) is 9.97 Å². The number of anilines is 1. The first kappa shape index (κ1) is 15.2. The summed E-state index contributed by atoms with van der Waals surface area (Å²) >= 11 is 12.9. The number of thiocarbonyl (C=S) groups is 1. The van der Waals surface area contributed by atoms with E-state index in [9.17, 15) is 0 Å². The van der Waals surface area contributed by atoms with E-state index in [1.165, 1.54) is 4.88 Å². The van der Waals surface area contributed by atoms with Crippen molar-refractivity contribution in [3.05, 3.63) is 44.4 Å². The maximum absolute atomic E-state index is 6.26. The first-order valence-corrected chi connectivity index (χ1v) is 7.78. The second-order valence-electron chi connectivity index (χ2n) is 4.61. The molecule has 3 nitrogen and oxygen atoms in total. The number of aryl methyl sites for hydroxylation is 2. The number of halogens is 1. The molecule has 0 radical (unpaired) electrons. The third-order valence-corrected chi connectivity index (χ3v) is 4.76. The highest BCUT2D eigenvalue weighted by atomic mass is 35.5. The Hall–Kier alpha value is -1.17. The van der Waals surface area contributed by atoms with Gasteiger partial charge < -0.3 is 11.1 Å². The van der Waals surface area contributed by atoms with Crippen molar-refractivity contribution in [3.8, 4) is 0 Å². The smallest absolute Gasteiger partial charge is 0.104 e. The second kappa shape index (κ2) is 6.08. The third kappa shape index (κ3) is 3.29. The Kier molecular flexibility index (Phi) is 4.62. The summed E-state index contributed by atoms with van der Waals surface area (Å²) in [6, 6.07) is 5.70. The number of thiazole rings is 1. The van der Waals surface area contributed by atoms with Crippen LogP contribution in [0.4, 0.5) is 5.69 Å². The maximum atomic E-state index is 6.26. The molecule has 2 rings (SSSR count). The van der Waals surface area contributed by atoms with E-state index in [1.54, 1.807) is 17.4 Å². The van der Waals surface area contributed by atoms with Crippen molar-refractivity contribution in [2.75, 3.05) is 5.32 Å². The van der Waals surface area contributed by atoms with Gasteiger partial charge in [0.15, 0.2) is 0 Å². The van der Waals surface area contributed by atoms with Gasteiger partial charge >= 0.3 is 0 Å². The normalized spacial score (nSPS) is 12.2. The Bertz CT molecular complexity index is 652. The molecule has 0 aliphatic carbocycles. The van der Waals surface area contributed by atoms with Crippen LogP contribution in [0.1, 0.15) is 34.1 Å². The summed E-state index contributed by atoms with van der Waals surface area (Å²) in [5.41, 5.74) is 8.29. The molecule has 0 spiro atoms. The summed E-state index contributed by atoms with van der Waals surface area (Å²) < 4.78 is 0. The van der Waals surface area contributed by atoms with Crippen molar-refractivity contribution in [1.82, 2.24) is 4.98 Å². The molecule has 20 heavy (non-hydrogen) atoms. The molecule has 3 N–H and O–H groups in total. The van der Waals surface area contributed by atoms with Crippen LogP contribution in [0.3, 0.4) is 0 Å². The minimum atomic E-state index is 0.148. The summed E-state index contributed by atoms with van der Waals surface area (Å²) in [5.74, 6) is 0. The lowest BCUT2D eigenvalue weighted by Crippen LogP contribution is -2.10. The van der Waals surface area contributed by atoms with Crippen LogP contribution >= 0.6 is 35.2 Å². The summed E-state index contributed by atoms with van der Waals surface area (Å²) in [4.78, 5) is 6.01. The number of nitrogens with zero attached hydrogens (tertiary/aromatic N) is 1. The Labute approximate surface area is 133 Å². The molecule has 2 aromatic rings. The molecular formula is C14H16ClN3S2. The van der Waals surface area contributed by atoms with Gasteiger partial charge in [-0.1, -0.05) is 23.8 Å². The van der Waals surface area contributed by atoms with Gasteiger partial charge in [0.2, 0.25) is 0 Å². The van der Waals surface area contributed by atoms with Crippen LogP contribution < -0.4 is 11.1 Å². The molecule has 6 heteroatoms. The topological polar surface area (TPSA) is 50.9 Å².